The van der Waals surface area contributed by atoms with Crippen LogP contribution in [0, 0.1) is 5.82 Å². The molecule has 0 spiro atoms. The molecule has 3 rings (SSSR count). The molecule has 7 nitrogen and oxygen atoms in total. The Morgan fingerprint density at radius 1 is 1.30 bits per heavy atom. The predicted octanol–water partition coefficient (Wildman–Crippen LogP) is 3.22. The van der Waals surface area contributed by atoms with Crippen LogP contribution in [0.25, 0.3) is 10.8 Å². The molecule has 1 aromatic heterocycles. The second-order valence-corrected chi connectivity index (χ2v) is 7.44. The molecule has 0 bridgehead atoms. The molecule has 1 aliphatic rings. The summed E-state index contributed by atoms with van der Waals surface area (Å²) in [6.07, 6.45) is 0.310. The quantitative estimate of drug-likeness (QED) is 0.885. The van der Waals surface area contributed by atoms with Crippen LogP contribution in [0.3, 0.4) is 0 Å². The Bertz CT molecular complexity index is 880. The number of likely N-dealkylation sites (tertiary alicyclic amines) is 1. The van der Waals surface area contributed by atoms with Gasteiger partial charge in [0.1, 0.15) is 23.6 Å². The molecule has 1 fully saturated rings. The molecule has 27 heavy (non-hydrogen) atoms. The Labute approximate surface area is 155 Å². The number of aliphatic carboxylic acids is 1. The van der Waals surface area contributed by atoms with Crippen LogP contribution >= 0.6 is 0 Å². The number of carboxylic acid groups (broad SMARTS) is 1. The van der Waals surface area contributed by atoms with Gasteiger partial charge in [0.15, 0.2) is 0 Å². The van der Waals surface area contributed by atoms with Crippen LogP contribution in [0.1, 0.15) is 27.2 Å². The molecule has 1 aromatic carbocycles. The summed E-state index contributed by atoms with van der Waals surface area (Å²) in [7, 11) is 0. The van der Waals surface area contributed by atoms with Crippen LogP contribution in [0.5, 0.6) is 5.88 Å². The van der Waals surface area contributed by atoms with Crippen molar-refractivity contribution in [2.24, 2.45) is 0 Å². The van der Waals surface area contributed by atoms with Crippen molar-refractivity contribution in [3.63, 3.8) is 0 Å². The van der Waals surface area contributed by atoms with E-state index in [1.165, 1.54) is 18.3 Å². The lowest BCUT2D eigenvalue weighted by Crippen LogP contribution is -2.43. The van der Waals surface area contributed by atoms with Gasteiger partial charge in [-0.05, 0) is 44.4 Å². The lowest BCUT2D eigenvalue weighted by atomic mass is 10.1. The average Bonchev–Trinajstić information content (AvgIpc) is 2.98. The average molecular weight is 376 g/mol. The first-order valence-corrected chi connectivity index (χ1v) is 8.57. The van der Waals surface area contributed by atoms with E-state index in [9.17, 15) is 19.1 Å². The van der Waals surface area contributed by atoms with Gasteiger partial charge in [-0.2, -0.15) is 0 Å². The summed E-state index contributed by atoms with van der Waals surface area (Å²) in [5, 5.41) is 10.7. The number of rotatable bonds is 3. The normalized spacial score (nSPS) is 19.9. The molecular formula is C19H21FN2O5. The summed E-state index contributed by atoms with van der Waals surface area (Å²) >= 11 is 0. The highest BCUT2D eigenvalue weighted by Crippen LogP contribution is 2.29. The number of pyridine rings is 1. The van der Waals surface area contributed by atoms with Crippen molar-refractivity contribution in [3.8, 4) is 5.88 Å². The van der Waals surface area contributed by atoms with E-state index < -0.39 is 35.6 Å². The molecule has 0 saturated carbocycles. The molecule has 0 unspecified atom stereocenters. The van der Waals surface area contributed by atoms with Gasteiger partial charge in [-0.1, -0.05) is 6.07 Å². The minimum Gasteiger partial charge on any atom is -0.480 e. The molecule has 0 radical (unpaired) electrons. The van der Waals surface area contributed by atoms with E-state index >= 15 is 0 Å². The van der Waals surface area contributed by atoms with Crippen molar-refractivity contribution in [3.05, 3.63) is 36.3 Å². The Balaban J connectivity index is 1.82. The van der Waals surface area contributed by atoms with Gasteiger partial charge < -0.3 is 14.6 Å². The number of hydrogen-bond acceptors (Lipinski definition) is 5. The molecule has 144 valence electrons. The topological polar surface area (TPSA) is 89.0 Å². The number of carbonyl (C=O) groups excluding carboxylic acids is 1. The smallest absolute Gasteiger partial charge is 0.411 e. The summed E-state index contributed by atoms with van der Waals surface area (Å²) in [6.45, 7) is 5.16. The molecule has 2 aromatic rings. The predicted molar refractivity (Wildman–Crippen MR) is 95.1 cm³/mol. The van der Waals surface area contributed by atoms with Gasteiger partial charge in [-0.3, -0.25) is 4.90 Å². The van der Waals surface area contributed by atoms with E-state index in [1.807, 2.05) is 0 Å². The van der Waals surface area contributed by atoms with Crippen molar-refractivity contribution in [2.75, 3.05) is 6.54 Å². The van der Waals surface area contributed by atoms with Gasteiger partial charge in [-0.25, -0.2) is 19.0 Å². The van der Waals surface area contributed by atoms with Crippen molar-refractivity contribution < 1.29 is 28.6 Å². The number of amides is 1. The number of hydrogen-bond donors (Lipinski definition) is 1. The van der Waals surface area contributed by atoms with Crippen LogP contribution in [-0.2, 0) is 9.53 Å². The monoisotopic (exact) mass is 376 g/mol. The SMILES string of the molecule is CC(C)(C)OC(=O)N1C[C@H](Oc2nccc3ccc(F)cc23)C[C@H]1C(=O)O. The highest BCUT2D eigenvalue weighted by atomic mass is 19.1. The largest absolute Gasteiger partial charge is 0.480 e. The van der Waals surface area contributed by atoms with Gasteiger partial charge in [0.2, 0.25) is 5.88 Å². The third kappa shape index (κ3) is 4.27. The molecule has 2 atom stereocenters. The Hall–Kier alpha value is -2.90. The number of carboxylic acids is 1. The Kier molecular flexibility index (Phi) is 4.91. The number of ether oxygens (including phenoxy) is 2. The number of benzene rings is 1. The van der Waals surface area contributed by atoms with Crippen LogP contribution in [0.15, 0.2) is 30.5 Å². The number of fused-ring (bicyclic) bond motifs is 1. The second kappa shape index (κ2) is 7.02. The van der Waals surface area contributed by atoms with Crippen molar-refractivity contribution in [1.82, 2.24) is 9.88 Å². The first-order valence-electron chi connectivity index (χ1n) is 8.57. The van der Waals surface area contributed by atoms with E-state index in [0.29, 0.717) is 5.39 Å². The molecular weight excluding hydrogens is 355 g/mol. The highest BCUT2D eigenvalue weighted by molar-refractivity contribution is 5.86. The zero-order valence-electron chi connectivity index (χ0n) is 15.3. The zero-order chi connectivity index (χ0) is 19.8. The molecule has 1 saturated heterocycles. The maximum Gasteiger partial charge on any atom is 0.411 e. The maximum absolute atomic E-state index is 13.6. The summed E-state index contributed by atoms with van der Waals surface area (Å²) in [6, 6.07) is 4.93. The second-order valence-electron chi connectivity index (χ2n) is 7.44. The Morgan fingerprint density at radius 2 is 2.04 bits per heavy atom. The molecule has 0 aliphatic carbocycles. The number of nitrogens with zero attached hydrogens (tertiary/aromatic N) is 2. The summed E-state index contributed by atoms with van der Waals surface area (Å²) < 4.78 is 24.7. The third-order valence-corrected chi connectivity index (χ3v) is 4.15. The molecule has 1 aliphatic heterocycles. The standard InChI is InChI=1S/C19H21FN2O5/c1-19(2,3)27-18(25)22-10-13(9-15(22)17(23)24)26-16-14-8-12(20)5-4-11(14)6-7-21-16/h4-8,13,15H,9-10H2,1-3H3,(H,23,24)/t13-,15+/m1/s1. The zero-order valence-corrected chi connectivity index (χ0v) is 15.3. The highest BCUT2D eigenvalue weighted by Gasteiger charge is 2.43. The fraction of sp³-hybridized carbons (Fsp3) is 0.421. The van der Waals surface area contributed by atoms with E-state index in [-0.39, 0.29) is 18.8 Å². The van der Waals surface area contributed by atoms with Gasteiger partial charge in [0.25, 0.3) is 0 Å². The number of halogens is 1. The van der Waals surface area contributed by atoms with Crippen LogP contribution in [0.2, 0.25) is 0 Å². The van der Waals surface area contributed by atoms with Crippen LogP contribution in [0.4, 0.5) is 9.18 Å². The van der Waals surface area contributed by atoms with Crippen LogP contribution in [-0.4, -0.2) is 51.3 Å². The van der Waals surface area contributed by atoms with Crippen molar-refractivity contribution >= 4 is 22.8 Å². The minimum absolute atomic E-state index is 0.0409. The third-order valence-electron chi connectivity index (χ3n) is 4.15. The fourth-order valence-electron chi connectivity index (χ4n) is 3.00. The molecule has 1 amide bonds. The lowest BCUT2D eigenvalue weighted by molar-refractivity contribution is -0.142. The van der Waals surface area contributed by atoms with E-state index in [0.717, 1.165) is 10.3 Å². The summed E-state index contributed by atoms with van der Waals surface area (Å²) in [4.78, 5) is 29.2. The molecule has 1 N–H and O–H groups in total. The van der Waals surface area contributed by atoms with E-state index in [2.05, 4.69) is 4.98 Å². The molecule has 2 heterocycles. The minimum atomic E-state index is -1.14. The van der Waals surface area contributed by atoms with E-state index in [4.69, 9.17) is 9.47 Å². The van der Waals surface area contributed by atoms with Crippen molar-refractivity contribution in [2.45, 2.75) is 44.9 Å². The molecule has 8 heteroatoms. The van der Waals surface area contributed by atoms with Gasteiger partial charge in [0, 0.05) is 18.0 Å². The number of carbonyl (C=O) groups is 2. The summed E-state index contributed by atoms with van der Waals surface area (Å²) in [5.41, 5.74) is -0.742. The first-order chi connectivity index (χ1) is 12.6. The summed E-state index contributed by atoms with van der Waals surface area (Å²) in [5.74, 6) is -1.36. The van der Waals surface area contributed by atoms with E-state index in [1.54, 1.807) is 32.9 Å². The van der Waals surface area contributed by atoms with Crippen molar-refractivity contribution in [1.29, 1.82) is 0 Å². The fourth-order valence-corrected chi connectivity index (χ4v) is 3.00. The maximum atomic E-state index is 13.6. The first kappa shape index (κ1) is 18.9. The number of aromatic nitrogens is 1. The van der Waals surface area contributed by atoms with Gasteiger partial charge in [-0.15, -0.1) is 0 Å². The Morgan fingerprint density at radius 3 is 2.70 bits per heavy atom. The van der Waals surface area contributed by atoms with Gasteiger partial charge >= 0.3 is 12.1 Å². The lowest BCUT2D eigenvalue weighted by Gasteiger charge is -2.26. The van der Waals surface area contributed by atoms with Crippen LogP contribution < -0.4 is 4.74 Å². The van der Waals surface area contributed by atoms with Gasteiger partial charge in [0.05, 0.1) is 6.54 Å².